The van der Waals surface area contributed by atoms with E-state index in [2.05, 4.69) is 28.5 Å². The Balaban J connectivity index is 2.05. The molecule has 5 nitrogen and oxygen atoms in total. The summed E-state index contributed by atoms with van der Waals surface area (Å²) in [5.41, 5.74) is -0.592. The van der Waals surface area contributed by atoms with E-state index in [9.17, 15) is 10.1 Å². The third-order valence-electron chi connectivity index (χ3n) is 3.97. The van der Waals surface area contributed by atoms with Crippen molar-refractivity contribution in [3.63, 3.8) is 0 Å². The number of hydrogen-bond donors (Lipinski definition) is 1. The maximum atomic E-state index is 12.1. The number of nitrogens with zero attached hydrogens (tertiary/aromatic N) is 3. The number of carbonyl (C=O) groups excluding carboxylic acids is 1. The maximum Gasteiger partial charge on any atom is 0.273 e. The van der Waals surface area contributed by atoms with Gasteiger partial charge in [-0.3, -0.25) is 4.79 Å². The molecule has 1 heterocycles. The van der Waals surface area contributed by atoms with Gasteiger partial charge < -0.3 is 5.32 Å². The van der Waals surface area contributed by atoms with Gasteiger partial charge in [-0.1, -0.05) is 24.9 Å². The second-order valence-electron chi connectivity index (χ2n) is 5.24. The van der Waals surface area contributed by atoms with Gasteiger partial charge in [0.25, 0.3) is 5.91 Å². The van der Waals surface area contributed by atoms with E-state index < -0.39 is 5.54 Å². The number of aromatic nitrogens is 2. The van der Waals surface area contributed by atoms with Crippen LogP contribution in [0.25, 0.3) is 0 Å². The highest BCUT2D eigenvalue weighted by Crippen LogP contribution is 2.33. The summed E-state index contributed by atoms with van der Waals surface area (Å²) in [6.07, 6.45) is 4.44. The lowest BCUT2D eigenvalue weighted by atomic mass is 9.76. The van der Waals surface area contributed by atoms with Gasteiger partial charge in [-0.05, 0) is 43.7 Å². The molecule has 0 spiro atoms. The summed E-state index contributed by atoms with van der Waals surface area (Å²) in [5.74, 6) is 0.286. The molecule has 1 aliphatic carbocycles. The highest BCUT2D eigenvalue weighted by molar-refractivity contribution is 6.29. The highest BCUT2D eigenvalue weighted by atomic mass is 35.5. The van der Waals surface area contributed by atoms with E-state index in [1.54, 1.807) is 0 Å². The van der Waals surface area contributed by atoms with Gasteiger partial charge in [0.1, 0.15) is 5.54 Å². The van der Waals surface area contributed by atoms with Crippen molar-refractivity contribution in [1.29, 1.82) is 5.26 Å². The van der Waals surface area contributed by atoms with Gasteiger partial charge in [0, 0.05) is 0 Å². The first-order valence-corrected chi connectivity index (χ1v) is 7.19. The Morgan fingerprint density at radius 1 is 1.50 bits per heavy atom. The minimum absolute atomic E-state index is 0.182. The highest BCUT2D eigenvalue weighted by Gasteiger charge is 2.36. The lowest BCUT2D eigenvalue weighted by Gasteiger charge is -2.35. The summed E-state index contributed by atoms with van der Waals surface area (Å²) in [4.78, 5) is 12.1. The summed E-state index contributed by atoms with van der Waals surface area (Å²) in [6.45, 7) is 2.16. The zero-order valence-corrected chi connectivity index (χ0v) is 12.2. The van der Waals surface area contributed by atoms with Crippen LogP contribution < -0.4 is 5.32 Å². The minimum Gasteiger partial charge on any atom is -0.332 e. The first kappa shape index (κ1) is 14.7. The van der Waals surface area contributed by atoms with Crippen LogP contribution >= 0.6 is 11.6 Å². The van der Waals surface area contributed by atoms with Crippen LogP contribution in [0.4, 0.5) is 0 Å². The number of amides is 1. The molecule has 0 unspecified atom stereocenters. The summed E-state index contributed by atoms with van der Waals surface area (Å²) < 4.78 is 0. The maximum absolute atomic E-state index is 12.1. The zero-order chi connectivity index (χ0) is 14.6. The molecule has 0 atom stereocenters. The smallest absolute Gasteiger partial charge is 0.273 e. The average Bonchev–Trinajstić information content (AvgIpc) is 2.48. The molecule has 0 radical (unpaired) electrons. The predicted octanol–water partition coefficient (Wildman–Crippen LogP) is 2.72. The Bertz CT molecular complexity index is 515. The largest absolute Gasteiger partial charge is 0.332 e. The van der Waals surface area contributed by atoms with Gasteiger partial charge in [0.2, 0.25) is 0 Å². The fourth-order valence-electron chi connectivity index (χ4n) is 2.56. The van der Waals surface area contributed by atoms with Gasteiger partial charge in [-0.2, -0.15) is 5.26 Å². The van der Waals surface area contributed by atoms with Gasteiger partial charge in [-0.25, -0.2) is 0 Å². The van der Waals surface area contributed by atoms with Crippen LogP contribution in [0.5, 0.6) is 0 Å². The van der Waals surface area contributed by atoms with Crippen molar-refractivity contribution in [2.45, 2.75) is 44.6 Å². The van der Waals surface area contributed by atoms with Crippen LogP contribution in [0.1, 0.15) is 49.5 Å². The van der Waals surface area contributed by atoms with Crippen molar-refractivity contribution in [1.82, 2.24) is 15.5 Å². The number of carbonyl (C=O) groups is 1. The number of halogens is 1. The first-order chi connectivity index (χ1) is 9.58. The lowest BCUT2D eigenvalue weighted by molar-refractivity contribution is 0.0885. The minimum atomic E-state index is -0.774. The van der Waals surface area contributed by atoms with Crippen molar-refractivity contribution in [3.05, 3.63) is 23.0 Å². The van der Waals surface area contributed by atoms with Crippen molar-refractivity contribution in [2.75, 3.05) is 0 Å². The monoisotopic (exact) mass is 292 g/mol. The number of nitriles is 1. The van der Waals surface area contributed by atoms with Crippen LogP contribution in [-0.2, 0) is 0 Å². The van der Waals surface area contributed by atoms with E-state index in [0.29, 0.717) is 18.8 Å². The Labute approximate surface area is 123 Å². The van der Waals surface area contributed by atoms with Gasteiger partial charge in [0.05, 0.1) is 6.07 Å². The second kappa shape index (κ2) is 6.19. The molecule has 6 heteroatoms. The van der Waals surface area contributed by atoms with Crippen LogP contribution in [-0.4, -0.2) is 21.6 Å². The number of hydrogen-bond acceptors (Lipinski definition) is 4. The van der Waals surface area contributed by atoms with Crippen LogP contribution in [0.3, 0.4) is 0 Å². The van der Waals surface area contributed by atoms with E-state index in [4.69, 9.17) is 11.6 Å². The van der Waals surface area contributed by atoms with Crippen molar-refractivity contribution < 1.29 is 4.79 Å². The molecule has 106 valence electrons. The normalized spacial score (nSPS) is 25.8. The SMILES string of the molecule is CCC1CCC(C#N)(NC(=O)c2ccc(Cl)nn2)CC1. The Kier molecular flexibility index (Phi) is 4.56. The molecule has 0 aromatic carbocycles. The Hall–Kier alpha value is -1.67. The topological polar surface area (TPSA) is 78.7 Å². The molecule has 0 bridgehead atoms. The third-order valence-corrected chi connectivity index (χ3v) is 4.17. The van der Waals surface area contributed by atoms with Crippen LogP contribution in [0, 0.1) is 17.2 Å². The lowest BCUT2D eigenvalue weighted by Crippen LogP contribution is -2.49. The van der Waals surface area contributed by atoms with Gasteiger partial charge in [-0.15, -0.1) is 10.2 Å². The number of nitrogens with one attached hydrogen (secondary N) is 1. The van der Waals surface area contributed by atoms with Crippen molar-refractivity contribution >= 4 is 17.5 Å². The molecule has 20 heavy (non-hydrogen) atoms. The van der Waals surface area contributed by atoms with E-state index >= 15 is 0 Å². The van der Waals surface area contributed by atoms with E-state index in [1.807, 2.05) is 0 Å². The summed E-state index contributed by atoms with van der Waals surface area (Å²) in [5, 5.41) is 19.8. The van der Waals surface area contributed by atoms with Gasteiger partial charge in [0.15, 0.2) is 10.8 Å². The molecule has 1 saturated carbocycles. The molecule has 1 aliphatic rings. The van der Waals surface area contributed by atoms with Crippen LogP contribution in [0.2, 0.25) is 5.15 Å². The fourth-order valence-corrected chi connectivity index (χ4v) is 2.66. The van der Waals surface area contributed by atoms with Gasteiger partial charge >= 0.3 is 0 Å². The molecular formula is C14H17ClN4O. The standard InChI is InChI=1S/C14H17ClN4O/c1-2-10-5-7-14(9-16,8-6-10)17-13(20)11-3-4-12(15)19-18-11/h3-4,10H,2,5-8H2,1H3,(H,17,20). The number of rotatable bonds is 3. The quantitative estimate of drug-likeness (QED) is 0.929. The molecule has 0 aliphatic heterocycles. The second-order valence-corrected chi connectivity index (χ2v) is 5.63. The summed E-state index contributed by atoms with van der Waals surface area (Å²) in [6, 6.07) is 5.29. The molecular weight excluding hydrogens is 276 g/mol. The zero-order valence-electron chi connectivity index (χ0n) is 11.4. The summed E-state index contributed by atoms with van der Waals surface area (Å²) >= 11 is 5.64. The van der Waals surface area contributed by atoms with Crippen LogP contribution in [0.15, 0.2) is 12.1 Å². The molecule has 1 aromatic heterocycles. The third kappa shape index (κ3) is 3.26. The molecule has 0 saturated heterocycles. The van der Waals surface area contributed by atoms with Crippen molar-refractivity contribution in [3.8, 4) is 6.07 Å². The molecule has 1 amide bonds. The van der Waals surface area contributed by atoms with E-state index in [-0.39, 0.29) is 16.8 Å². The Morgan fingerprint density at radius 2 is 2.20 bits per heavy atom. The Morgan fingerprint density at radius 3 is 2.70 bits per heavy atom. The molecule has 2 rings (SSSR count). The van der Waals surface area contributed by atoms with E-state index in [1.165, 1.54) is 12.1 Å². The first-order valence-electron chi connectivity index (χ1n) is 6.81. The summed E-state index contributed by atoms with van der Waals surface area (Å²) in [7, 11) is 0. The molecule has 1 N–H and O–H groups in total. The predicted molar refractivity (Wildman–Crippen MR) is 75.1 cm³/mol. The molecule has 1 fully saturated rings. The van der Waals surface area contributed by atoms with E-state index in [0.717, 1.165) is 19.3 Å². The van der Waals surface area contributed by atoms with Crippen molar-refractivity contribution in [2.24, 2.45) is 5.92 Å². The molecule has 1 aromatic rings. The fraction of sp³-hybridized carbons (Fsp3) is 0.571. The average molecular weight is 293 g/mol.